The number of carbonyl (C=O) groups excluding carboxylic acids is 2. The standard InChI is InChI=1S/C26H23NO4/c1-2-18-10-13-20(14-11-18)24-23(22(28)15-12-19-7-4-3-5-8-19)25(29)26(30)27(24)17-21-9-6-16-31-21/h3-16,24,29H,2,17H2,1H3/b15-12+. The third kappa shape index (κ3) is 4.21. The Kier molecular flexibility index (Phi) is 5.85. The van der Waals surface area contributed by atoms with Crippen LogP contribution in [0.25, 0.3) is 6.08 Å². The van der Waals surface area contributed by atoms with Crippen LogP contribution in [-0.2, 0) is 22.6 Å². The van der Waals surface area contributed by atoms with Crippen molar-refractivity contribution in [2.45, 2.75) is 25.9 Å². The molecule has 0 saturated carbocycles. The first kappa shape index (κ1) is 20.4. The number of amides is 1. The average Bonchev–Trinajstić information content (AvgIpc) is 3.41. The van der Waals surface area contributed by atoms with E-state index in [4.69, 9.17) is 4.42 Å². The van der Waals surface area contributed by atoms with E-state index in [1.165, 1.54) is 17.2 Å². The number of hydrogen-bond acceptors (Lipinski definition) is 4. The molecule has 1 aromatic heterocycles. The molecule has 2 aromatic carbocycles. The fraction of sp³-hybridized carbons (Fsp3) is 0.154. The summed E-state index contributed by atoms with van der Waals surface area (Å²) in [5, 5.41) is 10.7. The lowest BCUT2D eigenvalue weighted by molar-refractivity contribution is -0.130. The summed E-state index contributed by atoms with van der Waals surface area (Å²) in [6.07, 6.45) is 5.49. The quantitative estimate of drug-likeness (QED) is 0.552. The van der Waals surface area contributed by atoms with Crippen molar-refractivity contribution in [3.05, 3.63) is 113 Å². The third-order valence-electron chi connectivity index (χ3n) is 5.41. The zero-order chi connectivity index (χ0) is 21.8. The van der Waals surface area contributed by atoms with Crippen molar-refractivity contribution in [1.82, 2.24) is 4.90 Å². The van der Waals surface area contributed by atoms with E-state index < -0.39 is 23.5 Å². The Morgan fingerprint density at radius 2 is 1.81 bits per heavy atom. The summed E-state index contributed by atoms with van der Waals surface area (Å²) >= 11 is 0. The highest BCUT2D eigenvalue weighted by molar-refractivity contribution is 6.14. The normalized spacial score (nSPS) is 16.5. The Labute approximate surface area is 180 Å². The summed E-state index contributed by atoms with van der Waals surface area (Å²) in [5.74, 6) is -0.928. The number of hydrogen-bond donors (Lipinski definition) is 1. The van der Waals surface area contributed by atoms with Gasteiger partial charge in [0.2, 0.25) is 0 Å². The van der Waals surface area contributed by atoms with E-state index in [-0.39, 0.29) is 12.1 Å². The number of nitrogens with zero attached hydrogens (tertiary/aromatic N) is 1. The number of aliphatic hydroxyl groups is 1. The minimum atomic E-state index is -0.698. The number of aryl methyl sites for hydroxylation is 1. The number of carbonyl (C=O) groups is 2. The first-order valence-corrected chi connectivity index (χ1v) is 10.2. The first-order valence-electron chi connectivity index (χ1n) is 10.2. The van der Waals surface area contributed by atoms with Crippen molar-refractivity contribution in [3.8, 4) is 0 Å². The molecule has 0 bridgehead atoms. The van der Waals surface area contributed by atoms with Crippen LogP contribution >= 0.6 is 0 Å². The van der Waals surface area contributed by atoms with E-state index >= 15 is 0 Å². The van der Waals surface area contributed by atoms with Gasteiger partial charge in [0.25, 0.3) is 5.91 Å². The highest BCUT2D eigenvalue weighted by Gasteiger charge is 2.43. The number of allylic oxidation sites excluding steroid dienone is 1. The molecule has 31 heavy (non-hydrogen) atoms. The molecule has 1 N–H and O–H groups in total. The van der Waals surface area contributed by atoms with Crippen LogP contribution in [0.5, 0.6) is 0 Å². The highest BCUT2D eigenvalue weighted by Crippen LogP contribution is 2.39. The van der Waals surface area contributed by atoms with E-state index in [0.29, 0.717) is 5.76 Å². The van der Waals surface area contributed by atoms with Crippen molar-refractivity contribution in [2.24, 2.45) is 0 Å². The monoisotopic (exact) mass is 413 g/mol. The van der Waals surface area contributed by atoms with Gasteiger partial charge in [-0.2, -0.15) is 0 Å². The van der Waals surface area contributed by atoms with Crippen LogP contribution in [0.3, 0.4) is 0 Å². The Morgan fingerprint density at radius 3 is 2.45 bits per heavy atom. The van der Waals surface area contributed by atoms with Crippen LogP contribution in [-0.4, -0.2) is 21.7 Å². The smallest absolute Gasteiger partial charge is 0.290 e. The fourth-order valence-electron chi connectivity index (χ4n) is 3.75. The molecular weight excluding hydrogens is 390 g/mol. The molecule has 2 heterocycles. The Hall–Kier alpha value is -3.86. The number of furan rings is 1. The maximum atomic E-state index is 13.1. The van der Waals surface area contributed by atoms with Crippen LogP contribution in [0, 0.1) is 0 Å². The summed E-state index contributed by atoms with van der Waals surface area (Å²) in [5.41, 5.74) is 2.85. The summed E-state index contributed by atoms with van der Waals surface area (Å²) < 4.78 is 5.41. The van der Waals surface area contributed by atoms with E-state index in [0.717, 1.165) is 23.1 Å². The van der Waals surface area contributed by atoms with Gasteiger partial charge in [0.15, 0.2) is 11.5 Å². The molecule has 1 aliphatic rings. The van der Waals surface area contributed by atoms with Gasteiger partial charge in [-0.1, -0.05) is 67.6 Å². The minimum absolute atomic E-state index is 0.0768. The summed E-state index contributed by atoms with van der Waals surface area (Å²) in [6.45, 7) is 2.21. The molecule has 0 saturated heterocycles. The fourth-order valence-corrected chi connectivity index (χ4v) is 3.75. The van der Waals surface area contributed by atoms with Crippen LogP contribution in [0.15, 0.2) is 94.8 Å². The average molecular weight is 413 g/mol. The Morgan fingerprint density at radius 1 is 1.06 bits per heavy atom. The van der Waals surface area contributed by atoms with Gasteiger partial charge in [0.05, 0.1) is 24.4 Å². The van der Waals surface area contributed by atoms with Crippen LogP contribution < -0.4 is 0 Å². The van der Waals surface area contributed by atoms with Crippen LogP contribution in [0.4, 0.5) is 0 Å². The molecule has 0 fully saturated rings. The summed E-state index contributed by atoms with van der Waals surface area (Å²) in [4.78, 5) is 27.5. The van der Waals surface area contributed by atoms with Gasteiger partial charge in [-0.3, -0.25) is 9.59 Å². The lowest BCUT2D eigenvalue weighted by atomic mass is 9.94. The zero-order valence-electron chi connectivity index (χ0n) is 17.2. The lowest BCUT2D eigenvalue weighted by Gasteiger charge is -2.26. The summed E-state index contributed by atoms with van der Waals surface area (Å²) in [7, 11) is 0. The molecule has 3 aromatic rings. The molecule has 1 atom stereocenters. The van der Waals surface area contributed by atoms with Crippen molar-refractivity contribution >= 4 is 17.8 Å². The molecule has 0 radical (unpaired) electrons. The predicted molar refractivity (Wildman–Crippen MR) is 118 cm³/mol. The number of ketones is 1. The second-order valence-electron chi connectivity index (χ2n) is 7.38. The lowest BCUT2D eigenvalue weighted by Crippen LogP contribution is -2.30. The highest BCUT2D eigenvalue weighted by atomic mass is 16.3. The molecule has 0 aliphatic carbocycles. The Balaban J connectivity index is 1.71. The molecular formula is C26H23NO4. The third-order valence-corrected chi connectivity index (χ3v) is 5.41. The number of rotatable bonds is 7. The van der Waals surface area contributed by atoms with E-state index in [1.54, 1.807) is 18.2 Å². The Bertz CT molecular complexity index is 1130. The molecule has 1 aliphatic heterocycles. The molecule has 5 heteroatoms. The van der Waals surface area contributed by atoms with Crippen molar-refractivity contribution in [3.63, 3.8) is 0 Å². The molecule has 1 unspecified atom stereocenters. The first-order chi connectivity index (χ1) is 15.1. The van der Waals surface area contributed by atoms with Gasteiger partial charge in [-0.15, -0.1) is 0 Å². The molecule has 4 rings (SSSR count). The maximum absolute atomic E-state index is 13.1. The van der Waals surface area contributed by atoms with Gasteiger partial charge >= 0.3 is 0 Å². The van der Waals surface area contributed by atoms with Crippen molar-refractivity contribution in [2.75, 3.05) is 0 Å². The van der Waals surface area contributed by atoms with E-state index in [1.807, 2.05) is 54.6 Å². The molecule has 5 nitrogen and oxygen atoms in total. The maximum Gasteiger partial charge on any atom is 0.290 e. The second-order valence-corrected chi connectivity index (χ2v) is 7.38. The number of benzene rings is 2. The van der Waals surface area contributed by atoms with Gasteiger partial charge in [-0.05, 0) is 41.3 Å². The minimum Gasteiger partial charge on any atom is -0.503 e. The van der Waals surface area contributed by atoms with Gasteiger partial charge in [-0.25, -0.2) is 0 Å². The van der Waals surface area contributed by atoms with Gasteiger partial charge in [0, 0.05) is 0 Å². The second kappa shape index (κ2) is 8.88. The largest absolute Gasteiger partial charge is 0.503 e. The van der Waals surface area contributed by atoms with E-state index in [9.17, 15) is 14.7 Å². The molecule has 156 valence electrons. The van der Waals surface area contributed by atoms with Crippen LogP contribution in [0.2, 0.25) is 0 Å². The topological polar surface area (TPSA) is 70.8 Å². The predicted octanol–water partition coefficient (Wildman–Crippen LogP) is 5.02. The van der Waals surface area contributed by atoms with E-state index in [2.05, 4.69) is 6.92 Å². The molecule has 0 spiro atoms. The van der Waals surface area contributed by atoms with Crippen LogP contribution in [0.1, 0.15) is 35.4 Å². The van der Waals surface area contributed by atoms with Crippen molar-refractivity contribution < 1.29 is 19.1 Å². The summed E-state index contributed by atoms with van der Waals surface area (Å²) in [6, 6.07) is 20.0. The van der Waals surface area contributed by atoms with Gasteiger partial charge < -0.3 is 14.4 Å². The van der Waals surface area contributed by atoms with Crippen molar-refractivity contribution in [1.29, 1.82) is 0 Å². The molecule has 1 amide bonds. The zero-order valence-corrected chi connectivity index (χ0v) is 17.2. The SMILES string of the molecule is CCc1ccc(C2C(C(=O)/C=C/c3ccccc3)=C(O)C(=O)N2Cc2ccco2)cc1. The number of aliphatic hydroxyl groups excluding tert-OH is 1. The van der Waals surface area contributed by atoms with Gasteiger partial charge in [0.1, 0.15) is 5.76 Å².